The average Bonchev–Trinajstić information content (AvgIpc) is 3.48. The number of aromatic nitrogens is 4. The summed E-state index contributed by atoms with van der Waals surface area (Å²) < 4.78 is 15.3. The summed E-state index contributed by atoms with van der Waals surface area (Å²) in [5, 5.41) is 10.7. The number of carbonyl (C=O) groups excluding carboxylic acids is 2. The lowest BCUT2D eigenvalue weighted by Crippen LogP contribution is -2.35. The first-order chi connectivity index (χ1) is 17.0. The number of aryl methyl sites for hydroxylation is 1. The van der Waals surface area contributed by atoms with Crippen molar-refractivity contribution < 1.29 is 19.1 Å². The Labute approximate surface area is 207 Å². The van der Waals surface area contributed by atoms with E-state index in [1.54, 1.807) is 23.3 Å². The van der Waals surface area contributed by atoms with Gasteiger partial charge in [0.25, 0.3) is 5.91 Å². The smallest absolute Gasteiger partial charge is 0.272 e. The van der Waals surface area contributed by atoms with Crippen LogP contribution in [0, 0.1) is 0 Å². The summed E-state index contributed by atoms with van der Waals surface area (Å²) in [6, 6.07) is 5.08. The van der Waals surface area contributed by atoms with E-state index in [-0.39, 0.29) is 24.5 Å². The van der Waals surface area contributed by atoms with Crippen LogP contribution in [-0.2, 0) is 29.1 Å². The molecule has 1 atom stereocenters. The van der Waals surface area contributed by atoms with Crippen molar-refractivity contribution in [3.05, 3.63) is 58.4 Å². The second-order valence-corrected chi connectivity index (χ2v) is 8.99. The van der Waals surface area contributed by atoms with E-state index in [4.69, 9.17) is 21.1 Å². The molecule has 2 N–H and O–H groups in total. The lowest BCUT2D eigenvalue weighted by atomic mass is 10.0. The van der Waals surface area contributed by atoms with Crippen LogP contribution in [0.4, 0.5) is 0 Å². The van der Waals surface area contributed by atoms with Crippen molar-refractivity contribution in [3.63, 3.8) is 0 Å². The first-order valence-corrected chi connectivity index (χ1v) is 12.1. The number of rotatable bonds is 7. The Morgan fingerprint density at radius 1 is 1.29 bits per heavy atom. The zero-order chi connectivity index (χ0) is 24.4. The van der Waals surface area contributed by atoms with Crippen molar-refractivity contribution in [1.29, 1.82) is 0 Å². The summed E-state index contributed by atoms with van der Waals surface area (Å²) in [5.41, 5.74) is 3.81. The third kappa shape index (κ3) is 4.76. The first kappa shape index (κ1) is 23.4. The number of amides is 2. The second-order valence-electron chi connectivity index (χ2n) is 8.61. The van der Waals surface area contributed by atoms with Crippen LogP contribution in [0.25, 0.3) is 5.69 Å². The second kappa shape index (κ2) is 10.1. The maximum absolute atomic E-state index is 13.1. The van der Waals surface area contributed by atoms with Crippen LogP contribution in [0.15, 0.2) is 30.7 Å². The molecule has 0 radical (unpaired) electrons. The van der Waals surface area contributed by atoms with E-state index >= 15 is 0 Å². The van der Waals surface area contributed by atoms with Crippen molar-refractivity contribution >= 4 is 23.4 Å². The Morgan fingerprint density at radius 2 is 2.17 bits per heavy atom. The Hall–Kier alpha value is -3.37. The zero-order valence-corrected chi connectivity index (χ0v) is 20.2. The summed E-state index contributed by atoms with van der Waals surface area (Å²) in [4.78, 5) is 28.5. The van der Waals surface area contributed by atoms with E-state index in [2.05, 4.69) is 25.3 Å². The van der Waals surface area contributed by atoms with Gasteiger partial charge in [-0.25, -0.2) is 9.67 Å². The molecule has 3 aromatic rings. The molecule has 4 heterocycles. The van der Waals surface area contributed by atoms with Crippen molar-refractivity contribution in [3.8, 4) is 11.4 Å². The van der Waals surface area contributed by atoms with Crippen LogP contribution in [0.3, 0.4) is 0 Å². The van der Waals surface area contributed by atoms with E-state index < -0.39 is 0 Å². The molecule has 11 heteroatoms. The van der Waals surface area contributed by atoms with Gasteiger partial charge in [-0.15, -0.1) is 0 Å². The molecule has 1 aromatic carbocycles. The Bertz CT molecular complexity index is 1250. The molecule has 0 aliphatic carbocycles. The highest BCUT2D eigenvalue weighted by molar-refractivity contribution is 6.33. The van der Waals surface area contributed by atoms with Gasteiger partial charge in [0.15, 0.2) is 0 Å². The van der Waals surface area contributed by atoms with E-state index in [1.165, 1.54) is 6.92 Å². The number of hydrogen-bond donors (Lipinski definition) is 2. The van der Waals surface area contributed by atoms with E-state index in [0.29, 0.717) is 41.9 Å². The highest BCUT2D eigenvalue weighted by Crippen LogP contribution is 2.34. The van der Waals surface area contributed by atoms with E-state index in [0.717, 1.165) is 42.8 Å². The number of ether oxygens (including phenoxy) is 2. The van der Waals surface area contributed by atoms with Gasteiger partial charge in [-0.05, 0) is 31.4 Å². The number of imidazole rings is 1. The molecule has 35 heavy (non-hydrogen) atoms. The number of halogens is 1. The zero-order valence-electron chi connectivity index (χ0n) is 19.4. The molecule has 2 aromatic heterocycles. The van der Waals surface area contributed by atoms with Crippen molar-refractivity contribution in [2.75, 3.05) is 19.8 Å². The molecule has 0 unspecified atom stereocenters. The molecule has 0 saturated heterocycles. The molecule has 0 bridgehead atoms. The van der Waals surface area contributed by atoms with Gasteiger partial charge in [0, 0.05) is 19.0 Å². The van der Waals surface area contributed by atoms with E-state index in [1.807, 2.05) is 12.1 Å². The highest BCUT2D eigenvalue weighted by Gasteiger charge is 2.29. The van der Waals surface area contributed by atoms with Crippen LogP contribution in [0.1, 0.15) is 53.2 Å². The lowest BCUT2D eigenvalue weighted by Gasteiger charge is -2.25. The first-order valence-electron chi connectivity index (χ1n) is 11.7. The van der Waals surface area contributed by atoms with Gasteiger partial charge in [-0.1, -0.05) is 17.7 Å². The van der Waals surface area contributed by atoms with Gasteiger partial charge in [0.1, 0.15) is 23.1 Å². The molecule has 10 nitrogen and oxygen atoms in total. The van der Waals surface area contributed by atoms with Crippen molar-refractivity contribution in [1.82, 2.24) is 30.0 Å². The van der Waals surface area contributed by atoms with Crippen LogP contribution in [-0.4, -0.2) is 50.9 Å². The van der Waals surface area contributed by atoms with Gasteiger partial charge in [-0.2, -0.15) is 5.10 Å². The van der Waals surface area contributed by atoms with Gasteiger partial charge in [-0.3, -0.25) is 9.59 Å². The van der Waals surface area contributed by atoms with Gasteiger partial charge in [0.2, 0.25) is 5.91 Å². The molecule has 184 valence electrons. The fraction of sp³-hybridized carbons (Fsp3) is 0.417. The monoisotopic (exact) mass is 498 g/mol. The number of nitrogens with one attached hydrogen (secondary N) is 2. The molecule has 0 spiro atoms. The minimum Gasteiger partial charge on any atom is -0.490 e. The maximum atomic E-state index is 13.1. The summed E-state index contributed by atoms with van der Waals surface area (Å²) in [6.07, 6.45) is 6.51. The van der Waals surface area contributed by atoms with Crippen LogP contribution in [0.5, 0.6) is 5.75 Å². The minimum atomic E-state index is -0.350. The number of benzene rings is 1. The predicted molar refractivity (Wildman–Crippen MR) is 128 cm³/mol. The Morgan fingerprint density at radius 3 is 3.03 bits per heavy atom. The summed E-state index contributed by atoms with van der Waals surface area (Å²) >= 11 is 6.65. The molecule has 0 fully saturated rings. The topological polar surface area (TPSA) is 112 Å². The SMILES string of the molecule is CC(=O)NCCOc1cccc(-n2ncc3c2COC[C@@H]3NC(=O)c2ncn3c2CCCC3)c1Cl. The Kier molecular flexibility index (Phi) is 6.74. The normalized spacial score (nSPS) is 16.8. The summed E-state index contributed by atoms with van der Waals surface area (Å²) in [6.45, 7) is 3.70. The third-order valence-corrected chi connectivity index (χ3v) is 6.61. The fourth-order valence-electron chi connectivity index (χ4n) is 4.53. The van der Waals surface area contributed by atoms with Gasteiger partial charge < -0.3 is 24.7 Å². The van der Waals surface area contributed by atoms with Crippen LogP contribution in [0.2, 0.25) is 5.02 Å². The average molecular weight is 499 g/mol. The van der Waals surface area contributed by atoms with Crippen molar-refractivity contribution in [2.45, 2.75) is 45.4 Å². The number of hydrogen-bond acceptors (Lipinski definition) is 6. The van der Waals surface area contributed by atoms with E-state index in [9.17, 15) is 9.59 Å². The molecule has 0 saturated carbocycles. The minimum absolute atomic E-state index is 0.119. The standard InChI is InChI=1S/C24H27ClN6O4/c1-15(32)26-8-10-35-21-7-4-6-18(22(21)25)31-20-13-34-12-17(16(20)11-28-31)29-24(33)23-19-5-2-3-9-30(19)14-27-23/h4,6-7,11,14,17H,2-3,5,8-10,12-13H2,1H3,(H,26,32)(H,29,33)/t17-/m0/s1. The van der Waals surface area contributed by atoms with Gasteiger partial charge in [0.05, 0.1) is 55.4 Å². The molecular weight excluding hydrogens is 472 g/mol. The molecule has 5 rings (SSSR count). The molecule has 2 aliphatic heterocycles. The highest BCUT2D eigenvalue weighted by atomic mass is 35.5. The summed E-state index contributed by atoms with van der Waals surface area (Å²) in [5.74, 6) is 0.165. The van der Waals surface area contributed by atoms with Crippen molar-refractivity contribution in [2.24, 2.45) is 0 Å². The number of nitrogens with zero attached hydrogens (tertiary/aromatic N) is 4. The van der Waals surface area contributed by atoms with Crippen LogP contribution < -0.4 is 15.4 Å². The molecule has 2 aliphatic rings. The largest absolute Gasteiger partial charge is 0.490 e. The van der Waals surface area contributed by atoms with Gasteiger partial charge >= 0.3 is 0 Å². The lowest BCUT2D eigenvalue weighted by molar-refractivity contribution is -0.119. The fourth-order valence-corrected chi connectivity index (χ4v) is 4.79. The third-order valence-electron chi connectivity index (χ3n) is 6.23. The predicted octanol–water partition coefficient (Wildman–Crippen LogP) is 2.57. The number of fused-ring (bicyclic) bond motifs is 2. The molecule has 2 amide bonds. The van der Waals surface area contributed by atoms with Crippen LogP contribution >= 0.6 is 11.6 Å². The molecular formula is C24H27ClN6O4. The Balaban J connectivity index is 1.34. The number of carbonyl (C=O) groups is 2. The summed E-state index contributed by atoms with van der Waals surface area (Å²) in [7, 11) is 0. The quantitative estimate of drug-likeness (QED) is 0.484. The maximum Gasteiger partial charge on any atom is 0.272 e.